The van der Waals surface area contributed by atoms with E-state index in [9.17, 15) is 4.79 Å². The standard InChI is InChI=1S/C11H20N2O/c12-6-5-10-2-1-7-13(10)11(14)8-9-3-4-9/h9-10H,1-8,12H2. The van der Waals surface area contributed by atoms with Crippen molar-refractivity contribution in [2.45, 2.75) is 44.6 Å². The number of nitrogens with zero attached hydrogens (tertiary/aromatic N) is 1. The topological polar surface area (TPSA) is 46.3 Å². The highest BCUT2D eigenvalue weighted by atomic mass is 16.2. The Bertz CT molecular complexity index is 213. The van der Waals surface area contributed by atoms with Crippen LogP contribution in [-0.4, -0.2) is 29.9 Å². The minimum Gasteiger partial charge on any atom is -0.340 e. The summed E-state index contributed by atoms with van der Waals surface area (Å²) in [5, 5.41) is 0. The summed E-state index contributed by atoms with van der Waals surface area (Å²) < 4.78 is 0. The summed E-state index contributed by atoms with van der Waals surface area (Å²) in [6.45, 7) is 1.67. The highest BCUT2D eigenvalue weighted by Gasteiger charge is 2.32. The normalized spacial score (nSPS) is 26.9. The predicted octanol–water partition coefficient (Wildman–Crippen LogP) is 1.13. The van der Waals surface area contributed by atoms with E-state index < -0.39 is 0 Å². The molecule has 1 saturated carbocycles. The van der Waals surface area contributed by atoms with Crippen molar-refractivity contribution in [2.24, 2.45) is 11.7 Å². The van der Waals surface area contributed by atoms with E-state index in [1.54, 1.807) is 0 Å². The second-order valence-corrected chi connectivity index (χ2v) is 4.61. The van der Waals surface area contributed by atoms with Crippen LogP contribution in [0, 0.1) is 5.92 Å². The van der Waals surface area contributed by atoms with E-state index >= 15 is 0 Å². The maximum absolute atomic E-state index is 11.9. The minimum absolute atomic E-state index is 0.378. The number of hydrogen-bond donors (Lipinski definition) is 1. The third kappa shape index (κ3) is 2.27. The predicted molar refractivity (Wildman–Crippen MR) is 55.7 cm³/mol. The van der Waals surface area contributed by atoms with Crippen LogP contribution in [0.5, 0.6) is 0 Å². The van der Waals surface area contributed by atoms with E-state index in [4.69, 9.17) is 5.73 Å². The van der Waals surface area contributed by atoms with Crippen molar-refractivity contribution < 1.29 is 4.79 Å². The lowest BCUT2D eigenvalue weighted by Crippen LogP contribution is -2.36. The van der Waals surface area contributed by atoms with Crippen LogP contribution in [0.2, 0.25) is 0 Å². The van der Waals surface area contributed by atoms with Crippen molar-refractivity contribution in [2.75, 3.05) is 13.1 Å². The zero-order chi connectivity index (χ0) is 9.97. The van der Waals surface area contributed by atoms with Gasteiger partial charge in [0.25, 0.3) is 0 Å². The Balaban J connectivity index is 1.83. The van der Waals surface area contributed by atoms with E-state index in [0.717, 1.165) is 25.8 Å². The molecule has 2 N–H and O–H groups in total. The van der Waals surface area contributed by atoms with Gasteiger partial charge in [-0.2, -0.15) is 0 Å². The smallest absolute Gasteiger partial charge is 0.223 e. The molecule has 80 valence electrons. The fourth-order valence-electron chi connectivity index (χ4n) is 2.34. The van der Waals surface area contributed by atoms with Crippen molar-refractivity contribution in [3.8, 4) is 0 Å². The lowest BCUT2D eigenvalue weighted by molar-refractivity contribution is -0.132. The van der Waals surface area contributed by atoms with Crippen LogP contribution in [0.4, 0.5) is 0 Å². The lowest BCUT2D eigenvalue weighted by Gasteiger charge is -2.24. The molecule has 1 atom stereocenters. The molecular formula is C11H20N2O. The maximum atomic E-state index is 11.9. The molecule has 2 fully saturated rings. The first-order chi connectivity index (χ1) is 6.81. The van der Waals surface area contributed by atoms with Gasteiger partial charge in [-0.15, -0.1) is 0 Å². The number of amides is 1. The van der Waals surface area contributed by atoms with E-state index in [0.29, 0.717) is 24.4 Å². The molecule has 0 radical (unpaired) electrons. The Morgan fingerprint density at radius 3 is 2.79 bits per heavy atom. The molecule has 2 rings (SSSR count). The fourth-order valence-corrected chi connectivity index (χ4v) is 2.34. The van der Waals surface area contributed by atoms with Crippen molar-refractivity contribution in [1.29, 1.82) is 0 Å². The SMILES string of the molecule is NCCC1CCCN1C(=O)CC1CC1. The van der Waals surface area contributed by atoms with Crippen molar-refractivity contribution in [1.82, 2.24) is 4.90 Å². The van der Waals surface area contributed by atoms with Crippen molar-refractivity contribution >= 4 is 5.91 Å². The van der Waals surface area contributed by atoms with Crippen molar-refractivity contribution in [3.63, 3.8) is 0 Å². The van der Waals surface area contributed by atoms with Gasteiger partial charge in [0.15, 0.2) is 0 Å². The Morgan fingerprint density at radius 1 is 1.36 bits per heavy atom. The number of carbonyl (C=O) groups is 1. The van der Waals surface area contributed by atoms with Crippen LogP contribution in [0.3, 0.4) is 0 Å². The maximum Gasteiger partial charge on any atom is 0.223 e. The van der Waals surface area contributed by atoms with Gasteiger partial charge in [0.05, 0.1) is 0 Å². The molecule has 1 aliphatic carbocycles. The molecule has 3 nitrogen and oxygen atoms in total. The van der Waals surface area contributed by atoms with Gasteiger partial charge in [-0.25, -0.2) is 0 Å². The highest BCUT2D eigenvalue weighted by Crippen LogP contribution is 2.34. The number of nitrogens with two attached hydrogens (primary N) is 1. The Hall–Kier alpha value is -0.570. The summed E-state index contributed by atoms with van der Waals surface area (Å²) >= 11 is 0. The summed E-state index contributed by atoms with van der Waals surface area (Å²) in [4.78, 5) is 13.9. The van der Waals surface area contributed by atoms with E-state index in [-0.39, 0.29) is 0 Å². The second kappa shape index (κ2) is 4.30. The molecule has 1 heterocycles. The van der Waals surface area contributed by atoms with Gasteiger partial charge >= 0.3 is 0 Å². The van der Waals surface area contributed by atoms with Crippen LogP contribution in [0.1, 0.15) is 38.5 Å². The van der Waals surface area contributed by atoms with E-state index in [1.807, 2.05) is 0 Å². The zero-order valence-corrected chi connectivity index (χ0v) is 8.74. The Morgan fingerprint density at radius 2 is 2.14 bits per heavy atom. The van der Waals surface area contributed by atoms with Gasteiger partial charge in [-0.05, 0) is 44.6 Å². The third-order valence-electron chi connectivity index (χ3n) is 3.36. The summed E-state index contributed by atoms with van der Waals surface area (Å²) in [6, 6.07) is 0.450. The summed E-state index contributed by atoms with van der Waals surface area (Å²) in [7, 11) is 0. The largest absolute Gasteiger partial charge is 0.340 e. The summed E-state index contributed by atoms with van der Waals surface area (Å²) in [5.41, 5.74) is 5.55. The van der Waals surface area contributed by atoms with Crippen LogP contribution in [-0.2, 0) is 4.79 Å². The number of hydrogen-bond acceptors (Lipinski definition) is 2. The molecule has 0 aromatic heterocycles. The molecule has 0 aromatic carbocycles. The zero-order valence-electron chi connectivity index (χ0n) is 8.74. The molecule has 0 spiro atoms. The van der Waals surface area contributed by atoms with Crippen molar-refractivity contribution in [3.05, 3.63) is 0 Å². The van der Waals surface area contributed by atoms with Gasteiger partial charge in [0.1, 0.15) is 0 Å². The molecule has 3 heteroatoms. The third-order valence-corrected chi connectivity index (χ3v) is 3.36. The van der Waals surface area contributed by atoms with Gasteiger partial charge in [-0.3, -0.25) is 4.79 Å². The lowest BCUT2D eigenvalue weighted by atomic mass is 10.1. The first-order valence-electron chi connectivity index (χ1n) is 5.81. The second-order valence-electron chi connectivity index (χ2n) is 4.61. The minimum atomic E-state index is 0.378. The number of carbonyl (C=O) groups excluding carboxylic acids is 1. The first-order valence-corrected chi connectivity index (χ1v) is 5.81. The summed E-state index contributed by atoms with van der Waals surface area (Å²) in [6.07, 6.45) is 6.63. The van der Waals surface area contributed by atoms with Crippen LogP contribution in [0.15, 0.2) is 0 Å². The molecule has 1 aliphatic heterocycles. The summed E-state index contributed by atoms with van der Waals surface area (Å²) in [5.74, 6) is 1.09. The van der Waals surface area contributed by atoms with Gasteiger partial charge < -0.3 is 10.6 Å². The average Bonchev–Trinajstić information content (AvgIpc) is 2.83. The molecular weight excluding hydrogens is 176 g/mol. The van der Waals surface area contributed by atoms with Crippen LogP contribution < -0.4 is 5.73 Å². The average molecular weight is 196 g/mol. The van der Waals surface area contributed by atoms with E-state index in [2.05, 4.69) is 4.90 Å². The van der Waals surface area contributed by atoms with Gasteiger partial charge in [0.2, 0.25) is 5.91 Å². The number of likely N-dealkylation sites (tertiary alicyclic amines) is 1. The van der Waals surface area contributed by atoms with Crippen LogP contribution >= 0.6 is 0 Å². The molecule has 0 aromatic rings. The Labute approximate surface area is 85.6 Å². The molecule has 1 saturated heterocycles. The van der Waals surface area contributed by atoms with Crippen LogP contribution in [0.25, 0.3) is 0 Å². The molecule has 2 aliphatic rings. The number of rotatable bonds is 4. The highest BCUT2D eigenvalue weighted by molar-refractivity contribution is 5.77. The fraction of sp³-hybridized carbons (Fsp3) is 0.909. The first kappa shape index (κ1) is 9.97. The monoisotopic (exact) mass is 196 g/mol. The Kier molecular flexibility index (Phi) is 3.06. The molecule has 1 unspecified atom stereocenters. The van der Waals surface area contributed by atoms with E-state index in [1.165, 1.54) is 19.3 Å². The van der Waals surface area contributed by atoms with Gasteiger partial charge in [-0.1, -0.05) is 0 Å². The molecule has 1 amide bonds. The van der Waals surface area contributed by atoms with Gasteiger partial charge in [0, 0.05) is 19.0 Å². The molecule has 14 heavy (non-hydrogen) atoms. The molecule has 0 bridgehead atoms. The quantitative estimate of drug-likeness (QED) is 0.732.